The van der Waals surface area contributed by atoms with Gasteiger partial charge in [-0.2, -0.15) is 4.98 Å². The zero-order valence-corrected chi connectivity index (χ0v) is 14.4. The van der Waals surface area contributed by atoms with Crippen molar-refractivity contribution in [3.8, 4) is 5.88 Å². The van der Waals surface area contributed by atoms with Crippen molar-refractivity contribution in [2.24, 2.45) is 0 Å². The Morgan fingerprint density at radius 1 is 1.04 bits per heavy atom. The van der Waals surface area contributed by atoms with Crippen molar-refractivity contribution in [2.45, 2.75) is 6.92 Å². The summed E-state index contributed by atoms with van der Waals surface area (Å²) in [5.41, 5.74) is 1.37. The Balaban J connectivity index is 1.74. The molecule has 132 valence electrons. The second-order valence-electron chi connectivity index (χ2n) is 5.47. The van der Waals surface area contributed by atoms with Crippen LogP contribution in [0.25, 0.3) is 10.9 Å². The molecular weight excluding hydrogens is 334 g/mol. The van der Waals surface area contributed by atoms with Gasteiger partial charge < -0.3 is 14.8 Å². The summed E-state index contributed by atoms with van der Waals surface area (Å²) in [7, 11) is 1.28. The van der Waals surface area contributed by atoms with Crippen molar-refractivity contribution >= 4 is 28.5 Å². The van der Waals surface area contributed by atoms with Gasteiger partial charge in [-0.05, 0) is 31.2 Å². The van der Waals surface area contributed by atoms with Gasteiger partial charge in [-0.3, -0.25) is 4.79 Å². The van der Waals surface area contributed by atoms with Crippen molar-refractivity contribution in [3.05, 3.63) is 59.9 Å². The fraction of sp³-hybridized carbons (Fsp3) is 0.158. The van der Waals surface area contributed by atoms with E-state index in [1.165, 1.54) is 7.11 Å². The molecule has 0 aliphatic carbocycles. The molecule has 1 amide bonds. The number of amides is 1. The molecule has 3 aromatic rings. The Bertz CT molecular complexity index is 972. The van der Waals surface area contributed by atoms with Crippen LogP contribution >= 0.6 is 0 Å². The Hall–Kier alpha value is -3.48. The maximum atomic E-state index is 12.2. The van der Waals surface area contributed by atoms with Gasteiger partial charge in [0.2, 0.25) is 5.88 Å². The Kier molecular flexibility index (Phi) is 5.07. The Morgan fingerprint density at radius 2 is 1.77 bits per heavy atom. The fourth-order valence-electron chi connectivity index (χ4n) is 2.47. The minimum Gasteiger partial charge on any atom is -0.467 e. The number of ether oxygens (including phenoxy) is 2. The van der Waals surface area contributed by atoms with Crippen molar-refractivity contribution in [2.75, 3.05) is 19.0 Å². The first kappa shape index (κ1) is 17.3. The van der Waals surface area contributed by atoms with Gasteiger partial charge in [0, 0.05) is 0 Å². The van der Waals surface area contributed by atoms with Gasteiger partial charge >= 0.3 is 5.97 Å². The summed E-state index contributed by atoms with van der Waals surface area (Å²) in [6, 6.07) is 14.0. The van der Waals surface area contributed by atoms with Crippen LogP contribution in [0.15, 0.2) is 48.5 Å². The SMILES string of the molecule is COC(=O)c1ccccc1NC(=O)COc1nc(C)nc2ccccc12. The number of methoxy groups -OCH3 is 1. The van der Waals surface area contributed by atoms with Crippen LogP contribution in [0.1, 0.15) is 16.2 Å². The van der Waals surface area contributed by atoms with E-state index in [0.29, 0.717) is 17.4 Å². The number of nitrogens with one attached hydrogen (secondary N) is 1. The summed E-state index contributed by atoms with van der Waals surface area (Å²) in [5, 5.41) is 3.37. The van der Waals surface area contributed by atoms with Crippen molar-refractivity contribution < 1.29 is 19.1 Å². The van der Waals surface area contributed by atoms with E-state index in [4.69, 9.17) is 9.47 Å². The number of esters is 1. The lowest BCUT2D eigenvalue weighted by atomic mass is 10.2. The standard InChI is InChI=1S/C19H17N3O4/c1-12-20-15-9-5-3-7-13(15)18(21-12)26-11-17(23)22-16-10-6-4-8-14(16)19(24)25-2/h3-10H,11H2,1-2H3,(H,22,23). The van der Waals surface area contributed by atoms with E-state index < -0.39 is 11.9 Å². The van der Waals surface area contributed by atoms with E-state index in [2.05, 4.69) is 15.3 Å². The summed E-state index contributed by atoms with van der Waals surface area (Å²) in [5.74, 6) is -0.0550. The Labute approximate surface area is 150 Å². The highest BCUT2D eigenvalue weighted by atomic mass is 16.5. The largest absolute Gasteiger partial charge is 0.467 e. The number of nitrogens with zero attached hydrogens (tertiary/aromatic N) is 2. The number of rotatable bonds is 5. The lowest BCUT2D eigenvalue weighted by molar-refractivity contribution is -0.118. The van der Waals surface area contributed by atoms with Gasteiger partial charge in [0.05, 0.1) is 29.3 Å². The van der Waals surface area contributed by atoms with Crippen molar-refractivity contribution in [1.82, 2.24) is 9.97 Å². The number of aryl methyl sites for hydroxylation is 1. The average Bonchev–Trinajstić information content (AvgIpc) is 2.65. The fourth-order valence-corrected chi connectivity index (χ4v) is 2.47. The maximum Gasteiger partial charge on any atom is 0.339 e. The third kappa shape index (κ3) is 3.77. The molecule has 1 aromatic heterocycles. The molecular formula is C19H17N3O4. The predicted octanol–water partition coefficient (Wildman–Crippen LogP) is 2.74. The monoisotopic (exact) mass is 351 g/mol. The molecule has 0 saturated heterocycles. The van der Waals surface area contributed by atoms with Crippen LogP contribution in [-0.4, -0.2) is 35.6 Å². The molecule has 0 fully saturated rings. The minimum absolute atomic E-state index is 0.254. The molecule has 0 spiro atoms. The number of anilines is 1. The molecule has 0 aliphatic rings. The van der Waals surface area contributed by atoms with Gasteiger partial charge in [-0.1, -0.05) is 24.3 Å². The number of carbonyl (C=O) groups excluding carboxylic acids is 2. The zero-order valence-electron chi connectivity index (χ0n) is 14.4. The summed E-state index contributed by atoms with van der Waals surface area (Å²) in [6.07, 6.45) is 0. The summed E-state index contributed by atoms with van der Waals surface area (Å²) >= 11 is 0. The molecule has 0 radical (unpaired) electrons. The molecule has 0 unspecified atom stereocenters. The second kappa shape index (κ2) is 7.60. The quantitative estimate of drug-likeness (QED) is 0.711. The number of fused-ring (bicyclic) bond motifs is 1. The molecule has 1 N–H and O–H groups in total. The van der Waals surface area contributed by atoms with Crippen LogP contribution in [-0.2, 0) is 9.53 Å². The summed E-state index contributed by atoms with van der Waals surface area (Å²) in [4.78, 5) is 32.6. The molecule has 0 atom stereocenters. The van der Waals surface area contributed by atoms with E-state index in [1.54, 1.807) is 31.2 Å². The van der Waals surface area contributed by atoms with Gasteiger partial charge in [-0.15, -0.1) is 0 Å². The number of carbonyl (C=O) groups is 2. The van der Waals surface area contributed by atoms with Crippen LogP contribution in [0.5, 0.6) is 5.88 Å². The lowest BCUT2D eigenvalue weighted by Crippen LogP contribution is -2.22. The highest BCUT2D eigenvalue weighted by molar-refractivity contribution is 6.01. The van der Waals surface area contributed by atoms with Gasteiger partial charge in [0.25, 0.3) is 5.91 Å². The predicted molar refractivity (Wildman–Crippen MR) is 96.2 cm³/mol. The maximum absolute atomic E-state index is 12.2. The molecule has 0 saturated carbocycles. The van der Waals surface area contributed by atoms with Crippen LogP contribution in [0.3, 0.4) is 0 Å². The molecule has 7 nitrogen and oxygen atoms in total. The molecule has 0 bridgehead atoms. The third-order valence-electron chi connectivity index (χ3n) is 3.63. The average molecular weight is 351 g/mol. The van der Waals surface area contributed by atoms with Crippen LogP contribution in [0.4, 0.5) is 5.69 Å². The van der Waals surface area contributed by atoms with E-state index in [1.807, 2.05) is 24.3 Å². The Morgan fingerprint density at radius 3 is 2.58 bits per heavy atom. The van der Waals surface area contributed by atoms with Crippen LogP contribution in [0.2, 0.25) is 0 Å². The van der Waals surface area contributed by atoms with E-state index in [-0.39, 0.29) is 12.2 Å². The van der Waals surface area contributed by atoms with Crippen molar-refractivity contribution in [3.63, 3.8) is 0 Å². The molecule has 7 heteroatoms. The van der Waals surface area contributed by atoms with Crippen LogP contribution < -0.4 is 10.1 Å². The van der Waals surface area contributed by atoms with Gasteiger partial charge in [0.15, 0.2) is 6.61 Å². The first-order chi connectivity index (χ1) is 12.6. The smallest absolute Gasteiger partial charge is 0.339 e. The first-order valence-electron chi connectivity index (χ1n) is 7.92. The lowest BCUT2D eigenvalue weighted by Gasteiger charge is -2.11. The molecule has 1 heterocycles. The van der Waals surface area contributed by atoms with Crippen LogP contribution in [0, 0.1) is 6.92 Å². The zero-order chi connectivity index (χ0) is 18.5. The number of hydrogen-bond donors (Lipinski definition) is 1. The molecule has 3 rings (SSSR count). The normalized spacial score (nSPS) is 10.4. The summed E-state index contributed by atoms with van der Waals surface area (Å²) < 4.78 is 10.3. The molecule has 26 heavy (non-hydrogen) atoms. The van der Waals surface area contributed by atoms with E-state index in [0.717, 1.165) is 10.9 Å². The summed E-state index contributed by atoms with van der Waals surface area (Å²) in [6.45, 7) is 1.50. The van der Waals surface area contributed by atoms with Crippen molar-refractivity contribution in [1.29, 1.82) is 0 Å². The van der Waals surface area contributed by atoms with Gasteiger partial charge in [0.1, 0.15) is 5.82 Å². The number of benzene rings is 2. The molecule has 2 aromatic carbocycles. The van der Waals surface area contributed by atoms with E-state index in [9.17, 15) is 9.59 Å². The number of aromatic nitrogens is 2. The highest BCUT2D eigenvalue weighted by Crippen LogP contribution is 2.22. The molecule has 0 aliphatic heterocycles. The minimum atomic E-state index is -0.528. The van der Waals surface area contributed by atoms with Gasteiger partial charge in [-0.25, -0.2) is 9.78 Å². The topological polar surface area (TPSA) is 90.4 Å². The third-order valence-corrected chi connectivity index (χ3v) is 3.63. The number of hydrogen-bond acceptors (Lipinski definition) is 6. The highest BCUT2D eigenvalue weighted by Gasteiger charge is 2.14. The first-order valence-corrected chi connectivity index (χ1v) is 7.92. The number of para-hydroxylation sites is 2. The second-order valence-corrected chi connectivity index (χ2v) is 5.47. The van der Waals surface area contributed by atoms with E-state index >= 15 is 0 Å².